The minimum atomic E-state index is -3.89. The maximum atomic E-state index is 12.4. The Morgan fingerprint density at radius 3 is 2.56 bits per heavy atom. The third kappa shape index (κ3) is 2.36. The number of likely N-dealkylation sites (tertiary alicyclic amines) is 1. The van der Waals surface area contributed by atoms with Gasteiger partial charge in [-0.05, 0) is 12.1 Å². The molecule has 2 fully saturated rings. The van der Waals surface area contributed by atoms with Crippen LogP contribution in [-0.4, -0.2) is 67.2 Å². The van der Waals surface area contributed by atoms with E-state index in [4.69, 9.17) is 0 Å². The van der Waals surface area contributed by atoms with Crippen molar-refractivity contribution in [2.75, 3.05) is 26.2 Å². The van der Waals surface area contributed by atoms with Crippen LogP contribution in [0.2, 0.25) is 0 Å². The molecule has 4 rings (SSSR count). The molecule has 0 radical (unpaired) electrons. The van der Waals surface area contributed by atoms with E-state index in [-0.39, 0.29) is 35.4 Å². The first-order chi connectivity index (χ1) is 11.8. The minimum Gasteiger partial charge on any atom is -0.338 e. The molecule has 0 atom stereocenters. The van der Waals surface area contributed by atoms with Crippen LogP contribution in [0.1, 0.15) is 16.8 Å². The molecule has 0 saturated carbocycles. The number of fused-ring (bicyclic) bond motifs is 1. The van der Waals surface area contributed by atoms with Crippen LogP contribution in [0.4, 0.5) is 4.79 Å². The Bertz CT molecular complexity index is 891. The van der Waals surface area contributed by atoms with E-state index in [1.807, 2.05) is 0 Å². The summed E-state index contributed by atoms with van der Waals surface area (Å²) in [7, 11) is -3.89. The lowest BCUT2D eigenvalue weighted by molar-refractivity contribution is -0.138. The van der Waals surface area contributed by atoms with Gasteiger partial charge in [0.1, 0.15) is 4.90 Å². The van der Waals surface area contributed by atoms with Crippen molar-refractivity contribution in [2.24, 2.45) is 0 Å². The molecule has 0 aliphatic carbocycles. The molecule has 25 heavy (non-hydrogen) atoms. The van der Waals surface area contributed by atoms with Crippen molar-refractivity contribution in [1.82, 2.24) is 19.8 Å². The molecule has 3 heterocycles. The van der Waals surface area contributed by atoms with Crippen molar-refractivity contribution in [3.63, 3.8) is 0 Å². The van der Waals surface area contributed by atoms with Gasteiger partial charge in [0.15, 0.2) is 0 Å². The Morgan fingerprint density at radius 2 is 1.92 bits per heavy atom. The van der Waals surface area contributed by atoms with Gasteiger partial charge in [-0.1, -0.05) is 12.1 Å². The molecule has 2 N–H and O–H groups in total. The summed E-state index contributed by atoms with van der Waals surface area (Å²) >= 11 is 0. The molecule has 10 heteroatoms. The fourth-order valence-electron chi connectivity index (χ4n) is 3.44. The van der Waals surface area contributed by atoms with Gasteiger partial charge in [-0.3, -0.25) is 9.59 Å². The highest BCUT2D eigenvalue weighted by atomic mass is 32.2. The lowest BCUT2D eigenvalue weighted by Crippen LogP contribution is -2.70. The number of hydrogen-bond donors (Lipinski definition) is 2. The highest BCUT2D eigenvalue weighted by Crippen LogP contribution is 2.30. The van der Waals surface area contributed by atoms with Crippen molar-refractivity contribution >= 4 is 27.9 Å². The van der Waals surface area contributed by atoms with Crippen molar-refractivity contribution in [3.8, 4) is 0 Å². The number of hydrogen-bond acceptors (Lipinski definition) is 5. The molecule has 132 valence electrons. The molecule has 2 saturated heterocycles. The summed E-state index contributed by atoms with van der Waals surface area (Å²) in [5.74, 6) is -0.846. The first kappa shape index (κ1) is 15.9. The van der Waals surface area contributed by atoms with Gasteiger partial charge in [0.25, 0.3) is 15.9 Å². The Kier molecular flexibility index (Phi) is 3.29. The molecule has 1 aromatic carbocycles. The Labute approximate surface area is 144 Å². The number of benzene rings is 1. The zero-order valence-corrected chi connectivity index (χ0v) is 14.0. The first-order valence-corrected chi connectivity index (χ1v) is 9.26. The smallest absolute Gasteiger partial charge is 0.315 e. The molecule has 3 aliphatic rings. The Balaban J connectivity index is 1.39. The molecule has 9 nitrogen and oxygen atoms in total. The summed E-state index contributed by atoms with van der Waals surface area (Å²) in [5.41, 5.74) is -0.281. The third-order valence-corrected chi connectivity index (χ3v) is 6.59. The second-order valence-electron chi connectivity index (χ2n) is 6.47. The van der Waals surface area contributed by atoms with Crippen LogP contribution in [0.5, 0.6) is 0 Å². The summed E-state index contributed by atoms with van der Waals surface area (Å²) in [6.07, 6.45) is -0.0869. The lowest BCUT2D eigenvalue weighted by Gasteiger charge is -2.47. The molecule has 1 aromatic rings. The van der Waals surface area contributed by atoms with E-state index in [1.165, 1.54) is 12.1 Å². The summed E-state index contributed by atoms with van der Waals surface area (Å²) in [6.45, 7) is 1.03. The second-order valence-corrected chi connectivity index (χ2v) is 8.30. The molecule has 3 aliphatic heterocycles. The highest BCUT2D eigenvalue weighted by Gasteiger charge is 2.49. The maximum Gasteiger partial charge on any atom is 0.315 e. The fourth-order valence-corrected chi connectivity index (χ4v) is 5.01. The molecule has 4 amide bonds. The van der Waals surface area contributed by atoms with Crippen LogP contribution >= 0.6 is 0 Å². The Hall–Kier alpha value is -2.62. The lowest BCUT2D eigenvalue weighted by atomic mass is 9.90. The van der Waals surface area contributed by atoms with Crippen LogP contribution < -0.4 is 10.6 Å². The van der Waals surface area contributed by atoms with E-state index in [0.29, 0.717) is 19.6 Å². The average molecular weight is 364 g/mol. The summed E-state index contributed by atoms with van der Waals surface area (Å²) in [4.78, 5) is 37.3. The largest absolute Gasteiger partial charge is 0.338 e. The summed E-state index contributed by atoms with van der Waals surface area (Å²) < 4.78 is 25.6. The van der Waals surface area contributed by atoms with Crippen LogP contribution in [0.15, 0.2) is 29.2 Å². The number of nitrogens with zero attached hydrogens (tertiary/aromatic N) is 2. The number of carbonyl (C=O) groups excluding carboxylic acids is 3. The van der Waals surface area contributed by atoms with Crippen molar-refractivity contribution < 1.29 is 22.8 Å². The maximum absolute atomic E-state index is 12.4. The molecular weight excluding hydrogens is 348 g/mol. The fraction of sp³-hybridized carbons (Fsp3) is 0.400. The quantitative estimate of drug-likeness (QED) is 0.722. The van der Waals surface area contributed by atoms with Gasteiger partial charge in [0, 0.05) is 32.6 Å². The predicted octanol–water partition coefficient (Wildman–Crippen LogP) is -0.885. The number of amides is 4. The van der Waals surface area contributed by atoms with Gasteiger partial charge >= 0.3 is 6.03 Å². The van der Waals surface area contributed by atoms with Gasteiger partial charge in [-0.2, -0.15) is 0 Å². The van der Waals surface area contributed by atoms with Gasteiger partial charge in [-0.25, -0.2) is 17.5 Å². The summed E-state index contributed by atoms with van der Waals surface area (Å²) in [5, 5.41) is 5.43. The van der Waals surface area contributed by atoms with Crippen LogP contribution in [0.25, 0.3) is 0 Å². The molecule has 1 spiro atoms. The Morgan fingerprint density at radius 1 is 1.20 bits per heavy atom. The number of sulfonamides is 1. The molecule has 0 bridgehead atoms. The van der Waals surface area contributed by atoms with Gasteiger partial charge in [-0.15, -0.1) is 0 Å². The third-order valence-electron chi connectivity index (χ3n) is 4.75. The summed E-state index contributed by atoms with van der Waals surface area (Å²) in [6, 6.07) is 5.76. The van der Waals surface area contributed by atoms with Crippen LogP contribution in [-0.2, 0) is 14.8 Å². The SMILES string of the molecule is O=C1NCC2(CN(C(=O)CCN3C(=O)c4ccccc4S3(=O)=O)C2)N1. The van der Waals surface area contributed by atoms with E-state index < -0.39 is 21.5 Å². The first-order valence-electron chi connectivity index (χ1n) is 7.82. The van der Waals surface area contributed by atoms with Gasteiger partial charge in [0.05, 0.1) is 11.1 Å². The molecule has 0 unspecified atom stereocenters. The van der Waals surface area contributed by atoms with E-state index in [2.05, 4.69) is 10.6 Å². The van der Waals surface area contributed by atoms with E-state index in [1.54, 1.807) is 17.0 Å². The molecular formula is C15H16N4O5S. The second kappa shape index (κ2) is 5.19. The van der Waals surface area contributed by atoms with Crippen LogP contribution in [0.3, 0.4) is 0 Å². The topological polar surface area (TPSA) is 116 Å². The van der Waals surface area contributed by atoms with E-state index in [0.717, 1.165) is 4.31 Å². The van der Waals surface area contributed by atoms with Crippen molar-refractivity contribution in [1.29, 1.82) is 0 Å². The van der Waals surface area contributed by atoms with Crippen LogP contribution in [0, 0.1) is 0 Å². The predicted molar refractivity (Wildman–Crippen MR) is 85.1 cm³/mol. The highest BCUT2D eigenvalue weighted by molar-refractivity contribution is 7.90. The number of rotatable bonds is 3. The molecule has 0 aromatic heterocycles. The average Bonchev–Trinajstić information content (AvgIpc) is 3.02. The number of nitrogens with one attached hydrogen (secondary N) is 2. The monoisotopic (exact) mass is 364 g/mol. The zero-order valence-electron chi connectivity index (χ0n) is 13.2. The van der Waals surface area contributed by atoms with Gasteiger partial charge < -0.3 is 15.5 Å². The van der Waals surface area contributed by atoms with Gasteiger partial charge in [0.2, 0.25) is 5.91 Å². The van der Waals surface area contributed by atoms with Crippen molar-refractivity contribution in [3.05, 3.63) is 29.8 Å². The number of carbonyl (C=O) groups is 3. The normalized spacial score (nSPS) is 22.4. The van der Waals surface area contributed by atoms with Crippen molar-refractivity contribution in [2.45, 2.75) is 16.9 Å². The number of urea groups is 1. The zero-order chi connectivity index (χ0) is 17.8. The standard InChI is InChI=1S/C15H16N4O5S/c20-12(18-8-15(9-18)7-16-14(22)17-15)5-6-19-13(21)10-3-1-2-4-11(10)25(19,23)24/h1-4H,5-9H2,(H2,16,17,22). The van der Waals surface area contributed by atoms with E-state index >= 15 is 0 Å². The minimum absolute atomic E-state index is 0.0184. The van der Waals surface area contributed by atoms with E-state index in [9.17, 15) is 22.8 Å².